The number of benzene rings is 1. The second-order valence-electron chi connectivity index (χ2n) is 3.54. The standard InChI is InChI=1S/C11H12N4S2/c1-7-5-3-4-6-9(7)13-10(16)14-11-12-8(2)15-17-11/h3-6H,1-2H3,(H2,12,13,14,15,16). The van der Waals surface area contributed by atoms with Crippen LogP contribution in [0.1, 0.15) is 11.4 Å². The van der Waals surface area contributed by atoms with E-state index in [1.807, 2.05) is 38.1 Å². The zero-order chi connectivity index (χ0) is 12.3. The van der Waals surface area contributed by atoms with Crippen molar-refractivity contribution < 1.29 is 0 Å². The molecule has 0 aliphatic heterocycles. The van der Waals surface area contributed by atoms with Gasteiger partial charge in [0.15, 0.2) is 5.11 Å². The molecule has 2 aromatic rings. The van der Waals surface area contributed by atoms with Gasteiger partial charge >= 0.3 is 0 Å². The minimum absolute atomic E-state index is 0.524. The number of thiocarbonyl (C=S) groups is 1. The van der Waals surface area contributed by atoms with Gasteiger partial charge in [-0.05, 0) is 37.7 Å². The highest BCUT2D eigenvalue weighted by Crippen LogP contribution is 2.15. The SMILES string of the molecule is Cc1nsc(NC(=S)Nc2ccccc2C)n1. The number of aromatic nitrogens is 2. The second kappa shape index (κ2) is 5.20. The smallest absolute Gasteiger partial charge is 0.208 e. The Balaban J connectivity index is 2.01. The maximum Gasteiger partial charge on any atom is 0.208 e. The molecule has 1 heterocycles. The summed E-state index contributed by atoms with van der Waals surface area (Å²) in [5.74, 6) is 0.746. The van der Waals surface area contributed by atoms with E-state index in [2.05, 4.69) is 20.0 Å². The zero-order valence-corrected chi connectivity index (χ0v) is 11.2. The molecule has 0 amide bonds. The van der Waals surface area contributed by atoms with Crippen molar-refractivity contribution in [2.24, 2.45) is 0 Å². The van der Waals surface area contributed by atoms with E-state index < -0.39 is 0 Å². The molecule has 2 N–H and O–H groups in total. The lowest BCUT2D eigenvalue weighted by Crippen LogP contribution is -2.19. The lowest BCUT2D eigenvalue weighted by molar-refractivity contribution is 1.17. The van der Waals surface area contributed by atoms with Gasteiger partial charge < -0.3 is 10.6 Å². The summed E-state index contributed by atoms with van der Waals surface area (Å²) in [5, 5.41) is 7.36. The van der Waals surface area contributed by atoms with Crippen molar-refractivity contribution in [1.29, 1.82) is 0 Å². The summed E-state index contributed by atoms with van der Waals surface area (Å²) in [6.07, 6.45) is 0. The summed E-state index contributed by atoms with van der Waals surface area (Å²) >= 11 is 6.50. The van der Waals surface area contributed by atoms with Crippen LogP contribution in [0.2, 0.25) is 0 Å². The van der Waals surface area contributed by atoms with Crippen LogP contribution in [-0.4, -0.2) is 14.5 Å². The molecule has 2 rings (SSSR count). The van der Waals surface area contributed by atoms with E-state index in [1.54, 1.807) is 0 Å². The number of aryl methyl sites for hydroxylation is 2. The van der Waals surface area contributed by atoms with Crippen molar-refractivity contribution in [2.45, 2.75) is 13.8 Å². The fraction of sp³-hybridized carbons (Fsp3) is 0.182. The van der Waals surface area contributed by atoms with E-state index in [9.17, 15) is 0 Å². The summed E-state index contributed by atoms with van der Waals surface area (Å²) < 4.78 is 4.07. The lowest BCUT2D eigenvalue weighted by atomic mass is 10.2. The maximum atomic E-state index is 5.20. The van der Waals surface area contributed by atoms with Gasteiger partial charge in [0.1, 0.15) is 5.82 Å². The minimum atomic E-state index is 0.524. The van der Waals surface area contributed by atoms with Gasteiger partial charge in [0.25, 0.3) is 0 Å². The fourth-order valence-corrected chi connectivity index (χ4v) is 2.16. The molecule has 0 bridgehead atoms. The van der Waals surface area contributed by atoms with Gasteiger partial charge in [-0.15, -0.1) is 0 Å². The molecule has 4 nitrogen and oxygen atoms in total. The van der Waals surface area contributed by atoms with Crippen molar-refractivity contribution in [3.63, 3.8) is 0 Å². The summed E-state index contributed by atoms with van der Waals surface area (Å²) in [4.78, 5) is 4.18. The summed E-state index contributed by atoms with van der Waals surface area (Å²) in [5.41, 5.74) is 2.14. The predicted octanol–water partition coefficient (Wildman–Crippen LogP) is 2.96. The number of nitrogens with one attached hydrogen (secondary N) is 2. The molecule has 0 spiro atoms. The van der Waals surface area contributed by atoms with E-state index in [0.29, 0.717) is 10.2 Å². The van der Waals surface area contributed by atoms with E-state index in [-0.39, 0.29) is 0 Å². The fourth-order valence-electron chi connectivity index (χ4n) is 1.31. The molecule has 0 aliphatic carbocycles. The third kappa shape index (κ3) is 3.21. The lowest BCUT2D eigenvalue weighted by Gasteiger charge is -2.10. The monoisotopic (exact) mass is 264 g/mol. The zero-order valence-electron chi connectivity index (χ0n) is 9.52. The molecule has 0 saturated heterocycles. The summed E-state index contributed by atoms with van der Waals surface area (Å²) in [6.45, 7) is 3.87. The highest BCUT2D eigenvalue weighted by molar-refractivity contribution is 7.80. The molecular formula is C11H12N4S2. The molecule has 88 valence electrons. The molecule has 6 heteroatoms. The average molecular weight is 264 g/mol. The Kier molecular flexibility index (Phi) is 3.65. The van der Waals surface area contributed by atoms with Crippen LogP contribution in [0.25, 0.3) is 0 Å². The third-order valence-corrected chi connectivity index (χ3v) is 3.07. The van der Waals surface area contributed by atoms with Crippen LogP contribution in [0.15, 0.2) is 24.3 Å². The number of hydrogen-bond acceptors (Lipinski definition) is 4. The minimum Gasteiger partial charge on any atom is -0.332 e. The van der Waals surface area contributed by atoms with E-state index >= 15 is 0 Å². The average Bonchev–Trinajstić information content (AvgIpc) is 2.67. The van der Waals surface area contributed by atoms with Gasteiger partial charge in [0.05, 0.1) is 0 Å². The van der Waals surface area contributed by atoms with E-state index in [4.69, 9.17) is 12.2 Å². The first-order chi connectivity index (χ1) is 8.15. The molecule has 1 aromatic heterocycles. The molecule has 0 atom stereocenters. The van der Waals surface area contributed by atoms with Gasteiger partial charge in [0, 0.05) is 17.2 Å². The molecule has 17 heavy (non-hydrogen) atoms. The number of anilines is 2. The topological polar surface area (TPSA) is 49.8 Å². The Morgan fingerprint density at radius 2 is 2.00 bits per heavy atom. The van der Waals surface area contributed by atoms with Gasteiger partial charge in [-0.3, -0.25) is 0 Å². The van der Waals surface area contributed by atoms with Crippen LogP contribution in [0.3, 0.4) is 0 Å². The number of para-hydroxylation sites is 1. The quantitative estimate of drug-likeness (QED) is 0.817. The van der Waals surface area contributed by atoms with Gasteiger partial charge in [-0.2, -0.15) is 4.37 Å². The molecule has 0 fully saturated rings. The van der Waals surface area contributed by atoms with Crippen LogP contribution in [-0.2, 0) is 0 Å². The number of nitrogens with zero attached hydrogens (tertiary/aromatic N) is 2. The van der Waals surface area contributed by atoms with Crippen LogP contribution in [0.5, 0.6) is 0 Å². The Hall–Kier alpha value is -1.53. The molecular weight excluding hydrogens is 252 g/mol. The normalized spacial score (nSPS) is 10.0. The third-order valence-electron chi connectivity index (χ3n) is 2.14. The van der Waals surface area contributed by atoms with E-state index in [0.717, 1.165) is 17.1 Å². The summed E-state index contributed by atoms with van der Waals surface area (Å²) in [7, 11) is 0. The van der Waals surface area contributed by atoms with Crippen molar-refractivity contribution >= 4 is 39.7 Å². The number of hydrogen-bond donors (Lipinski definition) is 2. The van der Waals surface area contributed by atoms with Gasteiger partial charge in [-0.25, -0.2) is 4.98 Å². The molecule has 0 radical (unpaired) electrons. The van der Waals surface area contributed by atoms with Crippen molar-refractivity contribution in [2.75, 3.05) is 10.6 Å². The first-order valence-electron chi connectivity index (χ1n) is 5.09. The van der Waals surface area contributed by atoms with Crippen molar-refractivity contribution in [3.05, 3.63) is 35.7 Å². The Labute approximate surface area is 109 Å². The van der Waals surface area contributed by atoms with Crippen LogP contribution >= 0.6 is 23.8 Å². The molecule has 0 saturated carbocycles. The first-order valence-corrected chi connectivity index (χ1v) is 6.27. The van der Waals surface area contributed by atoms with Gasteiger partial charge in [-0.1, -0.05) is 18.2 Å². The second-order valence-corrected chi connectivity index (χ2v) is 4.70. The Bertz CT molecular complexity index is 536. The van der Waals surface area contributed by atoms with Gasteiger partial charge in [0.2, 0.25) is 5.13 Å². The van der Waals surface area contributed by atoms with Crippen molar-refractivity contribution in [3.8, 4) is 0 Å². The molecule has 0 unspecified atom stereocenters. The molecule has 1 aromatic carbocycles. The summed E-state index contributed by atoms with van der Waals surface area (Å²) in [6, 6.07) is 7.97. The Morgan fingerprint density at radius 3 is 2.65 bits per heavy atom. The van der Waals surface area contributed by atoms with Crippen LogP contribution < -0.4 is 10.6 Å². The highest BCUT2D eigenvalue weighted by atomic mass is 32.1. The largest absolute Gasteiger partial charge is 0.332 e. The van der Waals surface area contributed by atoms with Crippen molar-refractivity contribution in [1.82, 2.24) is 9.36 Å². The number of rotatable bonds is 2. The predicted molar refractivity (Wildman–Crippen MR) is 75.7 cm³/mol. The molecule has 0 aliphatic rings. The Morgan fingerprint density at radius 1 is 1.24 bits per heavy atom. The van der Waals surface area contributed by atoms with Crippen LogP contribution in [0, 0.1) is 13.8 Å². The highest BCUT2D eigenvalue weighted by Gasteiger charge is 2.04. The van der Waals surface area contributed by atoms with E-state index in [1.165, 1.54) is 11.5 Å². The maximum absolute atomic E-state index is 5.20. The van der Waals surface area contributed by atoms with Crippen LogP contribution in [0.4, 0.5) is 10.8 Å². The first kappa shape index (κ1) is 11.9.